The number of nitrogens with one attached hydrogen (secondary N) is 1. The van der Waals surface area contributed by atoms with Crippen molar-refractivity contribution < 1.29 is 23.9 Å². The van der Waals surface area contributed by atoms with Crippen molar-refractivity contribution in [2.75, 3.05) is 11.9 Å². The highest BCUT2D eigenvalue weighted by Gasteiger charge is 2.48. The summed E-state index contributed by atoms with van der Waals surface area (Å²) < 4.78 is 5.87. The van der Waals surface area contributed by atoms with Crippen LogP contribution in [0.25, 0.3) is 0 Å². The number of amides is 5. The molecule has 0 radical (unpaired) electrons. The van der Waals surface area contributed by atoms with E-state index in [0.29, 0.717) is 30.0 Å². The monoisotopic (exact) mass is 435 g/mol. The molecule has 2 aliphatic rings. The molecular formula is C24H25N3O5. The van der Waals surface area contributed by atoms with Crippen molar-refractivity contribution in [2.45, 2.75) is 45.1 Å². The lowest BCUT2D eigenvalue weighted by Gasteiger charge is -2.28. The highest BCUT2D eigenvalue weighted by atomic mass is 16.5. The van der Waals surface area contributed by atoms with Crippen molar-refractivity contribution in [3.8, 4) is 11.5 Å². The summed E-state index contributed by atoms with van der Waals surface area (Å²) >= 11 is 0. The fourth-order valence-electron chi connectivity index (χ4n) is 4.05. The molecule has 1 saturated carbocycles. The zero-order chi connectivity index (χ0) is 22.7. The Morgan fingerprint density at radius 1 is 0.969 bits per heavy atom. The molecule has 32 heavy (non-hydrogen) atoms. The van der Waals surface area contributed by atoms with Gasteiger partial charge in [0.25, 0.3) is 0 Å². The van der Waals surface area contributed by atoms with E-state index in [-0.39, 0.29) is 6.04 Å². The van der Waals surface area contributed by atoms with Gasteiger partial charge in [-0.05, 0) is 44.0 Å². The van der Waals surface area contributed by atoms with Crippen LogP contribution in [0.3, 0.4) is 0 Å². The van der Waals surface area contributed by atoms with Crippen LogP contribution >= 0.6 is 0 Å². The second-order valence-electron chi connectivity index (χ2n) is 8.10. The molecule has 0 atom stereocenters. The van der Waals surface area contributed by atoms with Gasteiger partial charge in [0, 0.05) is 6.04 Å². The van der Waals surface area contributed by atoms with Gasteiger partial charge in [-0.2, -0.15) is 0 Å². The Morgan fingerprint density at radius 3 is 2.38 bits per heavy atom. The molecule has 1 heterocycles. The molecule has 2 aromatic carbocycles. The van der Waals surface area contributed by atoms with Gasteiger partial charge in [0.2, 0.25) is 5.91 Å². The van der Waals surface area contributed by atoms with Crippen LogP contribution in [0, 0.1) is 6.92 Å². The first kappa shape index (κ1) is 21.5. The molecule has 1 aliphatic carbocycles. The second kappa shape index (κ2) is 9.21. The molecule has 1 saturated heterocycles. The van der Waals surface area contributed by atoms with Crippen LogP contribution in [0.2, 0.25) is 0 Å². The number of aryl methyl sites for hydroxylation is 1. The molecule has 0 spiro atoms. The first-order chi connectivity index (χ1) is 15.4. The Kier molecular flexibility index (Phi) is 6.20. The second-order valence-corrected chi connectivity index (χ2v) is 8.10. The molecular weight excluding hydrogens is 410 g/mol. The van der Waals surface area contributed by atoms with Gasteiger partial charge in [0.05, 0.1) is 5.69 Å². The third-order valence-electron chi connectivity index (χ3n) is 5.74. The lowest BCUT2D eigenvalue weighted by molar-refractivity contribution is -0.144. The maximum Gasteiger partial charge on any atom is 0.334 e. The number of nitrogens with zero attached hydrogens (tertiary/aromatic N) is 2. The van der Waals surface area contributed by atoms with E-state index in [4.69, 9.17) is 4.74 Å². The molecule has 8 heteroatoms. The first-order valence-electron chi connectivity index (χ1n) is 10.8. The minimum absolute atomic E-state index is 0.274. The number of urea groups is 1. The fraction of sp³-hybridized carbons (Fsp3) is 0.333. The average molecular weight is 435 g/mol. The summed E-state index contributed by atoms with van der Waals surface area (Å²) in [4.78, 5) is 52.0. The number of imide groups is 2. The number of rotatable bonds is 6. The molecule has 0 unspecified atom stereocenters. The number of hydrogen-bond acceptors (Lipinski definition) is 5. The SMILES string of the molecule is Cc1ccc(Oc2ccccc2NC(=O)CN2C(=O)C(=O)N(C3CCCCC3)C2=O)cc1. The van der Waals surface area contributed by atoms with E-state index in [1.54, 1.807) is 24.3 Å². The predicted molar refractivity (Wildman–Crippen MR) is 117 cm³/mol. The fourth-order valence-corrected chi connectivity index (χ4v) is 4.05. The smallest absolute Gasteiger partial charge is 0.334 e. The topological polar surface area (TPSA) is 96.0 Å². The number of ether oxygens (including phenoxy) is 1. The average Bonchev–Trinajstić information content (AvgIpc) is 3.00. The van der Waals surface area contributed by atoms with Crippen molar-refractivity contribution in [2.24, 2.45) is 0 Å². The number of carbonyl (C=O) groups is 4. The van der Waals surface area contributed by atoms with Crippen molar-refractivity contribution in [3.05, 3.63) is 54.1 Å². The largest absolute Gasteiger partial charge is 0.455 e. The normalized spacial score (nSPS) is 17.1. The number of benzene rings is 2. The summed E-state index contributed by atoms with van der Waals surface area (Å²) in [7, 11) is 0. The van der Waals surface area contributed by atoms with Gasteiger partial charge in [0.15, 0.2) is 5.75 Å². The van der Waals surface area contributed by atoms with Crippen molar-refractivity contribution in [1.29, 1.82) is 0 Å². The number of hydrogen-bond donors (Lipinski definition) is 1. The quantitative estimate of drug-likeness (QED) is 0.549. The maximum absolute atomic E-state index is 12.8. The van der Waals surface area contributed by atoms with E-state index in [0.717, 1.165) is 34.6 Å². The first-order valence-corrected chi connectivity index (χ1v) is 10.8. The zero-order valence-electron chi connectivity index (χ0n) is 17.9. The molecule has 166 valence electrons. The van der Waals surface area contributed by atoms with E-state index in [1.807, 2.05) is 31.2 Å². The molecule has 2 fully saturated rings. The third-order valence-corrected chi connectivity index (χ3v) is 5.74. The Balaban J connectivity index is 1.43. The van der Waals surface area contributed by atoms with Gasteiger partial charge in [0.1, 0.15) is 12.3 Å². The lowest BCUT2D eigenvalue weighted by Crippen LogP contribution is -2.43. The van der Waals surface area contributed by atoms with Crippen molar-refractivity contribution >= 4 is 29.4 Å². The van der Waals surface area contributed by atoms with Crippen LogP contribution in [0.15, 0.2) is 48.5 Å². The molecule has 2 aromatic rings. The molecule has 1 N–H and O–H groups in total. The van der Waals surface area contributed by atoms with Gasteiger partial charge >= 0.3 is 17.8 Å². The molecule has 1 aliphatic heterocycles. The van der Waals surface area contributed by atoms with Crippen LogP contribution in [-0.2, 0) is 14.4 Å². The van der Waals surface area contributed by atoms with Crippen LogP contribution in [-0.4, -0.2) is 46.1 Å². The van der Waals surface area contributed by atoms with Crippen molar-refractivity contribution in [3.63, 3.8) is 0 Å². The summed E-state index contributed by atoms with van der Waals surface area (Å²) in [6.45, 7) is 1.44. The van der Waals surface area contributed by atoms with E-state index < -0.39 is 30.3 Å². The molecule has 4 rings (SSSR count). The van der Waals surface area contributed by atoms with E-state index in [9.17, 15) is 19.2 Å². The van der Waals surface area contributed by atoms with E-state index in [2.05, 4.69) is 5.32 Å². The van der Waals surface area contributed by atoms with Gasteiger partial charge in [-0.3, -0.25) is 19.3 Å². The summed E-state index contributed by atoms with van der Waals surface area (Å²) in [5, 5.41) is 2.68. The highest BCUT2D eigenvalue weighted by Crippen LogP contribution is 2.30. The highest BCUT2D eigenvalue weighted by molar-refractivity contribution is 6.45. The minimum Gasteiger partial charge on any atom is -0.455 e. The van der Waals surface area contributed by atoms with E-state index >= 15 is 0 Å². The van der Waals surface area contributed by atoms with Gasteiger partial charge in [-0.1, -0.05) is 49.1 Å². The Labute approximate surface area is 186 Å². The molecule has 0 aromatic heterocycles. The maximum atomic E-state index is 12.8. The summed E-state index contributed by atoms with van der Waals surface area (Å²) in [6.07, 6.45) is 4.25. The van der Waals surface area contributed by atoms with Crippen LogP contribution in [0.1, 0.15) is 37.7 Å². The Hall–Kier alpha value is -3.68. The minimum atomic E-state index is -0.958. The van der Waals surface area contributed by atoms with Crippen molar-refractivity contribution in [1.82, 2.24) is 9.80 Å². The third kappa shape index (κ3) is 4.49. The summed E-state index contributed by atoms with van der Waals surface area (Å²) in [6, 6.07) is 13.3. The van der Waals surface area contributed by atoms with Gasteiger partial charge < -0.3 is 10.1 Å². The standard InChI is InChI=1S/C24H25N3O5/c1-16-11-13-18(14-12-16)32-20-10-6-5-9-19(20)25-21(28)15-26-22(29)23(30)27(24(26)31)17-7-3-2-4-8-17/h5-6,9-14,17H,2-4,7-8,15H2,1H3,(H,25,28). The van der Waals surface area contributed by atoms with E-state index in [1.165, 1.54) is 0 Å². The molecule has 8 nitrogen and oxygen atoms in total. The number of para-hydroxylation sites is 2. The summed E-state index contributed by atoms with van der Waals surface area (Å²) in [5.74, 6) is -1.37. The Bertz CT molecular complexity index is 1040. The zero-order valence-corrected chi connectivity index (χ0v) is 17.9. The van der Waals surface area contributed by atoms with Crippen LogP contribution in [0.4, 0.5) is 10.5 Å². The number of anilines is 1. The lowest BCUT2D eigenvalue weighted by atomic mass is 9.94. The van der Waals surface area contributed by atoms with Crippen LogP contribution in [0.5, 0.6) is 11.5 Å². The molecule has 0 bridgehead atoms. The number of carbonyl (C=O) groups excluding carboxylic acids is 4. The van der Waals surface area contributed by atoms with Gasteiger partial charge in [-0.25, -0.2) is 9.69 Å². The summed E-state index contributed by atoms with van der Waals surface area (Å²) in [5.41, 5.74) is 1.49. The van der Waals surface area contributed by atoms with Crippen LogP contribution < -0.4 is 10.1 Å². The van der Waals surface area contributed by atoms with Gasteiger partial charge in [-0.15, -0.1) is 0 Å². The molecule has 5 amide bonds. The predicted octanol–water partition coefficient (Wildman–Crippen LogP) is 3.85. The Morgan fingerprint density at radius 2 is 1.66 bits per heavy atom.